The lowest BCUT2D eigenvalue weighted by atomic mass is 10.1. The van der Waals surface area contributed by atoms with Crippen molar-refractivity contribution < 1.29 is 31.9 Å². The Labute approximate surface area is 164 Å². The second-order valence-corrected chi connectivity index (χ2v) is 6.78. The third kappa shape index (κ3) is 3.43. The number of aryl methyl sites for hydroxylation is 1. The third-order valence-electron chi connectivity index (χ3n) is 4.96. The number of rotatable bonds is 4. The van der Waals surface area contributed by atoms with Crippen molar-refractivity contribution in [1.82, 2.24) is 4.98 Å². The van der Waals surface area contributed by atoms with E-state index >= 15 is 0 Å². The highest BCUT2D eigenvalue weighted by Gasteiger charge is 2.39. The molecule has 0 saturated heterocycles. The number of halogens is 3. The summed E-state index contributed by atoms with van der Waals surface area (Å²) in [5.74, 6) is 0.378. The highest BCUT2D eigenvalue weighted by atomic mass is 19.4. The van der Waals surface area contributed by atoms with Crippen LogP contribution in [0, 0.1) is 6.92 Å². The molecule has 0 saturated carbocycles. The number of furan rings is 1. The fourth-order valence-electron chi connectivity index (χ4n) is 3.76. The quantitative estimate of drug-likeness (QED) is 0.544. The summed E-state index contributed by atoms with van der Waals surface area (Å²) >= 11 is 0. The maximum absolute atomic E-state index is 13.2. The average Bonchev–Trinajstić information content (AvgIpc) is 3.21. The Balaban J connectivity index is 1.67. The van der Waals surface area contributed by atoms with Crippen molar-refractivity contribution in [1.29, 1.82) is 0 Å². The van der Waals surface area contributed by atoms with E-state index in [2.05, 4.69) is 4.98 Å². The first-order valence-corrected chi connectivity index (χ1v) is 9.21. The summed E-state index contributed by atoms with van der Waals surface area (Å²) in [5.41, 5.74) is 0.640. The van der Waals surface area contributed by atoms with Gasteiger partial charge in [-0.15, -0.1) is 0 Å². The Kier molecular flexibility index (Phi) is 4.72. The summed E-state index contributed by atoms with van der Waals surface area (Å²) < 4.78 is 56.3. The van der Waals surface area contributed by atoms with Gasteiger partial charge < -0.3 is 13.9 Å². The molecular formula is C21H18F3NO4. The third-order valence-corrected chi connectivity index (χ3v) is 4.96. The van der Waals surface area contributed by atoms with Crippen molar-refractivity contribution in [3.05, 3.63) is 58.6 Å². The molecule has 29 heavy (non-hydrogen) atoms. The summed E-state index contributed by atoms with van der Waals surface area (Å²) in [6, 6.07) is 6.56. The van der Waals surface area contributed by atoms with Crippen LogP contribution in [-0.4, -0.2) is 17.6 Å². The number of nitrogens with zero attached hydrogens (tertiary/aromatic N) is 1. The molecule has 3 aromatic rings. The zero-order valence-electron chi connectivity index (χ0n) is 15.8. The number of hydrogen-bond donors (Lipinski definition) is 0. The molecule has 5 nitrogen and oxygen atoms in total. The molecule has 0 radical (unpaired) electrons. The van der Waals surface area contributed by atoms with E-state index in [4.69, 9.17) is 13.9 Å². The maximum Gasteiger partial charge on any atom is 0.433 e. The van der Waals surface area contributed by atoms with Gasteiger partial charge in [0.25, 0.3) is 0 Å². The molecule has 2 aromatic heterocycles. The normalized spacial score (nSPS) is 16.1. The van der Waals surface area contributed by atoms with Crippen LogP contribution in [0.15, 0.2) is 34.9 Å². The molecule has 1 aromatic carbocycles. The molecule has 0 spiro atoms. The number of esters is 1. The van der Waals surface area contributed by atoms with E-state index < -0.39 is 23.9 Å². The Bertz CT molecular complexity index is 1090. The van der Waals surface area contributed by atoms with Gasteiger partial charge in [-0.05, 0) is 62.1 Å². The number of hydrogen-bond acceptors (Lipinski definition) is 5. The second-order valence-electron chi connectivity index (χ2n) is 6.78. The number of aromatic nitrogens is 1. The largest absolute Gasteiger partial charge is 0.486 e. The number of fused-ring (bicyclic) bond motifs is 2. The molecule has 0 fully saturated rings. The number of alkyl halides is 3. The van der Waals surface area contributed by atoms with E-state index in [1.807, 2.05) is 0 Å². The van der Waals surface area contributed by atoms with Gasteiger partial charge >= 0.3 is 12.1 Å². The maximum atomic E-state index is 13.2. The van der Waals surface area contributed by atoms with Crippen LogP contribution in [0.4, 0.5) is 13.2 Å². The van der Waals surface area contributed by atoms with Crippen molar-refractivity contribution in [2.75, 3.05) is 6.61 Å². The standard InChI is InChI=1S/C21H18F3NO4/c1-3-27-20(26)18-11(2)28-17-6-4-12(10-15(17)18)29-16-7-5-14-13(16)8-9-25-19(14)21(22,23)24/h4,6,8-10,16H,3,5,7H2,1-2H3. The van der Waals surface area contributed by atoms with Gasteiger partial charge in [-0.3, -0.25) is 4.98 Å². The monoisotopic (exact) mass is 405 g/mol. The predicted octanol–water partition coefficient (Wildman–Crippen LogP) is 5.40. The minimum absolute atomic E-state index is 0.178. The Morgan fingerprint density at radius 1 is 1.31 bits per heavy atom. The molecule has 1 atom stereocenters. The molecule has 2 heterocycles. The topological polar surface area (TPSA) is 61.6 Å². The van der Waals surface area contributed by atoms with Crippen LogP contribution in [0.2, 0.25) is 0 Å². The van der Waals surface area contributed by atoms with Gasteiger partial charge in [0.15, 0.2) is 0 Å². The van der Waals surface area contributed by atoms with E-state index in [1.165, 1.54) is 0 Å². The minimum Gasteiger partial charge on any atom is -0.486 e. The summed E-state index contributed by atoms with van der Waals surface area (Å²) in [6.07, 6.45) is -3.21. The van der Waals surface area contributed by atoms with E-state index in [1.54, 1.807) is 38.1 Å². The highest BCUT2D eigenvalue weighted by molar-refractivity contribution is 6.04. The minimum atomic E-state index is -4.50. The molecule has 1 unspecified atom stereocenters. The van der Waals surface area contributed by atoms with Gasteiger partial charge in [-0.2, -0.15) is 13.2 Å². The molecule has 152 valence electrons. The van der Waals surface area contributed by atoms with Crippen molar-refractivity contribution in [3.63, 3.8) is 0 Å². The van der Waals surface area contributed by atoms with Crippen LogP contribution < -0.4 is 4.74 Å². The Morgan fingerprint density at radius 2 is 2.10 bits per heavy atom. The molecule has 0 aliphatic heterocycles. The zero-order valence-corrected chi connectivity index (χ0v) is 15.8. The van der Waals surface area contributed by atoms with E-state index in [9.17, 15) is 18.0 Å². The highest BCUT2D eigenvalue weighted by Crippen LogP contribution is 2.41. The van der Waals surface area contributed by atoms with Crippen LogP contribution in [0.25, 0.3) is 11.0 Å². The number of pyridine rings is 1. The second kappa shape index (κ2) is 7.09. The molecule has 1 aliphatic carbocycles. The van der Waals surface area contributed by atoms with Gasteiger partial charge in [0.05, 0.1) is 6.61 Å². The number of carbonyl (C=O) groups excluding carboxylic acids is 1. The van der Waals surface area contributed by atoms with Crippen molar-refractivity contribution in [2.24, 2.45) is 0 Å². The summed E-state index contributed by atoms with van der Waals surface area (Å²) in [5, 5.41) is 0.544. The SMILES string of the molecule is CCOC(=O)c1c(C)oc2ccc(OC3CCc4c3ccnc4C(F)(F)F)cc12. The van der Waals surface area contributed by atoms with Gasteiger partial charge in [0, 0.05) is 11.6 Å². The molecular weight excluding hydrogens is 387 g/mol. The predicted molar refractivity (Wildman–Crippen MR) is 97.8 cm³/mol. The van der Waals surface area contributed by atoms with Gasteiger partial charge in [0.1, 0.15) is 34.5 Å². The van der Waals surface area contributed by atoms with Gasteiger partial charge in [0.2, 0.25) is 0 Å². The van der Waals surface area contributed by atoms with Crippen molar-refractivity contribution in [3.8, 4) is 5.75 Å². The van der Waals surface area contributed by atoms with Crippen molar-refractivity contribution in [2.45, 2.75) is 39.0 Å². The molecule has 0 bridgehead atoms. The lowest BCUT2D eigenvalue weighted by Gasteiger charge is -2.16. The Hall–Kier alpha value is -3.03. The first kappa shape index (κ1) is 19.3. The van der Waals surface area contributed by atoms with Crippen LogP contribution in [0.3, 0.4) is 0 Å². The Morgan fingerprint density at radius 3 is 2.83 bits per heavy atom. The van der Waals surface area contributed by atoms with Crippen LogP contribution in [-0.2, 0) is 17.3 Å². The summed E-state index contributed by atoms with van der Waals surface area (Å²) in [4.78, 5) is 15.8. The smallest absolute Gasteiger partial charge is 0.433 e. The fourth-order valence-corrected chi connectivity index (χ4v) is 3.76. The molecule has 1 aliphatic rings. The van der Waals surface area contributed by atoms with E-state index in [-0.39, 0.29) is 18.6 Å². The van der Waals surface area contributed by atoms with E-state index in [0.717, 1.165) is 6.20 Å². The van der Waals surface area contributed by atoms with Crippen LogP contribution in [0.5, 0.6) is 5.75 Å². The van der Waals surface area contributed by atoms with Crippen LogP contribution in [0.1, 0.15) is 52.4 Å². The molecule has 4 rings (SSSR count). The van der Waals surface area contributed by atoms with Crippen LogP contribution >= 0.6 is 0 Å². The van der Waals surface area contributed by atoms with Gasteiger partial charge in [-0.25, -0.2) is 4.79 Å². The number of benzene rings is 1. The lowest BCUT2D eigenvalue weighted by Crippen LogP contribution is -2.12. The molecule has 0 N–H and O–H groups in total. The number of ether oxygens (including phenoxy) is 2. The van der Waals surface area contributed by atoms with E-state index in [0.29, 0.717) is 40.0 Å². The first-order valence-electron chi connectivity index (χ1n) is 9.21. The van der Waals surface area contributed by atoms with Gasteiger partial charge in [-0.1, -0.05) is 0 Å². The lowest BCUT2D eigenvalue weighted by molar-refractivity contribution is -0.141. The molecule has 8 heteroatoms. The number of carbonyl (C=O) groups is 1. The fraction of sp³-hybridized carbons (Fsp3) is 0.333. The average molecular weight is 405 g/mol. The van der Waals surface area contributed by atoms with Crippen molar-refractivity contribution >= 4 is 16.9 Å². The first-order chi connectivity index (χ1) is 13.8. The molecule has 0 amide bonds. The summed E-state index contributed by atoms with van der Waals surface area (Å²) in [7, 11) is 0. The zero-order chi connectivity index (χ0) is 20.8. The summed E-state index contributed by atoms with van der Waals surface area (Å²) in [6.45, 7) is 3.62.